The van der Waals surface area contributed by atoms with Crippen molar-refractivity contribution in [3.05, 3.63) is 53.9 Å². The van der Waals surface area contributed by atoms with Gasteiger partial charge in [-0.05, 0) is 18.1 Å². The van der Waals surface area contributed by atoms with Crippen LogP contribution in [0.3, 0.4) is 0 Å². The summed E-state index contributed by atoms with van der Waals surface area (Å²) in [5.74, 6) is -0.233. The first-order valence-corrected chi connectivity index (χ1v) is 7.08. The van der Waals surface area contributed by atoms with Crippen molar-refractivity contribution < 1.29 is 9.90 Å². The van der Waals surface area contributed by atoms with E-state index in [0.717, 1.165) is 18.5 Å². The van der Waals surface area contributed by atoms with Crippen LogP contribution in [-0.4, -0.2) is 22.2 Å². The average molecular weight is 287 g/mol. The van der Waals surface area contributed by atoms with Crippen molar-refractivity contribution in [2.45, 2.75) is 25.9 Å². The zero-order valence-electron chi connectivity index (χ0n) is 12.1. The van der Waals surface area contributed by atoms with E-state index in [1.165, 1.54) is 0 Å². The number of aliphatic hydroxyl groups is 1. The molecular weight excluding hydrogens is 266 g/mol. The van der Waals surface area contributed by atoms with Gasteiger partial charge in [0.15, 0.2) is 0 Å². The van der Waals surface area contributed by atoms with Crippen molar-refractivity contribution >= 4 is 11.6 Å². The van der Waals surface area contributed by atoms with Crippen LogP contribution in [0.25, 0.3) is 0 Å². The monoisotopic (exact) mass is 287 g/mol. The molecule has 112 valence electrons. The fourth-order valence-electron chi connectivity index (χ4n) is 2.30. The third-order valence-corrected chi connectivity index (χ3v) is 3.30. The van der Waals surface area contributed by atoms with E-state index >= 15 is 0 Å². The fourth-order valence-corrected chi connectivity index (χ4v) is 2.30. The molecule has 5 heteroatoms. The van der Waals surface area contributed by atoms with Crippen LogP contribution in [0.4, 0.5) is 5.69 Å². The maximum absolute atomic E-state index is 12.4. The van der Waals surface area contributed by atoms with E-state index in [-0.39, 0.29) is 12.5 Å². The van der Waals surface area contributed by atoms with Gasteiger partial charge in [0, 0.05) is 12.7 Å². The quantitative estimate of drug-likeness (QED) is 0.759. The molecule has 1 aromatic carbocycles. The van der Waals surface area contributed by atoms with Crippen LogP contribution in [0.2, 0.25) is 0 Å². The highest BCUT2D eigenvalue weighted by Gasteiger charge is 2.18. The summed E-state index contributed by atoms with van der Waals surface area (Å²) in [6.45, 7) is 2.62. The number of hydrogen-bond acceptors (Lipinski definition) is 3. The highest BCUT2D eigenvalue weighted by molar-refractivity contribution is 5.94. The molecule has 0 radical (unpaired) electrons. The lowest BCUT2D eigenvalue weighted by molar-refractivity contribution is 0.0906. The van der Waals surface area contributed by atoms with E-state index in [2.05, 4.69) is 5.32 Å². The van der Waals surface area contributed by atoms with E-state index in [4.69, 9.17) is 5.73 Å². The van der Waals surface area contributed by atoms with Crippen LogP contribution >= 0.6 is 0 Å². The Balaban J connectivity index is 2.16. The number of carbonyl (C=O) groups is 1. The third kappa shape index (κ3) is 3.64. The first-order chi connectivity index (χ1) is 10.2. The lowest BCUT2D eigenvalue weighted by Gasteiger charge is -2.17. The molecule has 1 heterocycles. The average Bonchev–Trinajstić information content (AvgIpc) is 2.87. The highest BCUT2D eigenvalue weighted by Crippen LogP contribution is 2.15. The van der Waals surface area contributed by atoms with Gasteiger partial charge in [-0.25, -0.2) is 0 Å². The predicted octanol–water partition coefficient (Wildman–Crippen LogP) is 1.94. The molecule has 1 amide bonds. The fraction of sp³-hybridized carbons (Fsp3) is 0.312. The summed E-state index contributed by atoms with van der Waals surface area (Å²) >= 11 is 0. The third-order valence-electron chi connectivity index (χ3n) is 3.30. The normalized spacial score (nSPS) is 12.1. The van der Waals surface area contributed by atoms with Crippen LogP contribution in [0.5, 0.6) is 0 Å². The zero-order valence-corrected chi connectivity index (χ0v) is 12.1. The molecule has 2 rings (SSSR count). The second kappa shape index (κ2) is 6.95. The van der Waals surface area contributed by atoms with E-state index < -0.39 is 6.04 Å². The van der Waals surface area contributed by atoms with Gasteiger partial charge in [-0.15, -0.1) is 0 Å². The Morgan fingerprint density at radius 3 is 2.71 bits per heavy atom. The number of hydrogen-bond donors (Lipinski definition) is 3. The van der Waals surface area contributed by atoms with E-state index in [1.807, 2.05) is 41.8 Å². The first-order valence-electron chi connectivity index (χ1n) is 7.08. The Bertz CT molecular complexity index is 593. The molecule has 0 aliphatic carbocycles. The minimum absolute atomic E-state index is 0.153. The Hall–Kier alpha value is -2.27. The summed E-state index contributed by atoms with van der Waals surface area (Å²) in [5, 5.41) is 12.4. The van der Waals surface area contributed by atoms with Gasteiger partial charge in [-0.1, -0.05) is 37.3 Å². The number of carbonyl (C=O) groups excluding carboxylic acids is 1. The van der Waals surface area contributed by atoms with Crippen molar-refractivity contribution in [3.63, 3.8) is 0 Å². The molecule has 4 N–H and O–H groups in total. The van der Waals surface area contributed by atoms with Gasteiger partial charge in [-0.3, -0.25) is 4.79 Å². The number of aliphatic hydroxyl groups excluding tert-OH is 1. The van der Waals surface area contributed by atoms with Crippen LogP contribution < -0.4 is 11.1 Å². The van der Waals surface area contributed by atoms with Crippen LogP contribution in [0.1, 0.15) is 35.4 Å². The molecule has 0 fully saturated rings. The van der Waals surface area contributed by atoms with Crippen LogP contribution in [0.15, 0.2) is 42.6 Å². The summed E-state index contributed by atoms with van der Waals surface area (Å²) in [5.41, 5.74) is 7.72. The SMILES string of the molecule is CCCn1cc(N)cc1C(=O)NC(CO)c1ccccc1. The molecule has 5 nitrogen and oxygen atoms in total. The van der Waals surface area contributed by atoms with Gasteiger partial charge in [-0.2, -0.15) is 0 Å². The molecule has 0 bridgehead atoms. The van der Waals surface area contributed by atoms with Gasteiger partial charge < -0.3 is 20.7 Å². The number of anilines is 1. The summed E-state index contributed by atoms with van der Waals surface area (Å²) in [4.78, 5) is 12.4. The summed E-state index contributed by atoms with van der Waals surface area (Å²) < 4.78 is 1.84. The number of nitrogens with two attached hydrogens (primary N) is 1. The number of benzene rings is 1. The molecule has 0 aliphatic rings. The lowest BCUT2D eigenvalue weighted by atomic mass is 10.1. The minimum Gasteiger partial charge on any atom is -0.397 e. The molecule has 1 aromatic heterocycles. The number of nitrogen functional groups attached to an aromatic ring is 1. The molecule has 0 saturated carbocycles. The Morgan fingerprint density at radius 1 is 1.38 bits per heavy atom. The lowest BCUT2D eigenvalue weighted by Crippen LogP contribution is -2.32. The maximum Gasteiger partial charge on any atom is 0.268 e. The van der Waals surface area contributed by atoms with Crippen molar-refractivity contribution in [1.29, 1.82) is 0 Å². The van der Waals surface area contributed by atoms with Crippen molar-refractivity contribution in [2.75, 3.05) is 12.3 Å². The largest absolute Gasteiger partial charge is 0.397 e. The Labute approximate surface area is 124 Å². The maximum atomic E-state index is 12.4. The second-order valence-corrected chi connectivity index (χ2v) is 4.97. The standard InChI is InChI=1S/C16H21N3O2/c1-2-8-19-10-13(17)9-15(19)16(21)18-14(11-20)12-6-4-3-5-7-12/h3-7,9-10,14,20H,2,8,11,17H2,1H3,(H,18,21). The number of rotatable bonds is 6. The van der Waals surface area contributed by atoms with Gasteiger partial charge in [0.1, 0.15) is 5.69 Å². The molecular formula is C16H21N3O2. The molecule has 0 aliphatic heterocycles. The number of amides is 1. The minimum atomic E-state index is -0.426. The number of nitrogens with zero attached hydrogens (tertiary/aromatic N) is 1. The molecule has 2 aromatic rings. The highest BCUT2D eigenvalue weighted by atomic mass is 16.3. The summed E-state index contributed by atoms with van der Waals surface area (Å²) in [6.07, 6.45) is 2.67. The summed E-state index contributed by atoms with van der Waals surface area (Å²) in [7, 11) is 0. The Kier molecular flexibility index (Phi) is 5.00. The molecule has 0 spiro atoms. The number of aromatic nitrogens is 1. The van der Waals surface area contributed by atoms with Gasteiger partial charge in [0.05, 0.1) is 18.3 Å². The van der Waals surface area contributed by atoms with Crippen molar-refractivity contribution in [2.24, 2.45) is 0 Å². The molecule has 0 saturated heterocycles. The number of aryl methyl sites for hydroxylation is 1. The van der Waals surface area contributed by atoms with Crippen LogP contribution in [0, 0.1) is 0 Å². The van der Waals surface area contributed by atoms with E-state index in [0.29, 0.717) is 11.4 Å². The molecule has 21 heavy (non-hydrogen) atoms. The molecule has 1 unspecified atom stereocenters. The Morgan fingerprint density at radius 2 is 2.10 bits per heavy atom. The van der Waals surface area contributed by atoms with Crippen molar-refractivity contribution in [1.82, 2.24) is 9.88 Å². The van der Waals surface area contributed by atoms with Crippen molar-refractivity contribution in [3.8, 4) is 0 Å². The summed E-state index contributed by atoms with van der Waals surface area (Å²) in [6, 6.07) is 10.6. The second-order valence-electron chi connectivity index (χ2n) is 4.97. The predicted molar refractivity (Wildman–Crippen MR) is 82.9 cm³/mol. The number of nitrogens with one attached hydrogen (secondary N) is 1. The smallest absolute Gasteiger partial charge is 0.268 e. The topological polar surface area (TPSA) is 80.3 Å². The first kappa shape index (κ1) is 15.1. The van der Waals surface area contributed by atoms with E-state index in [1.54, 1.807) is 12.3 Å². The molecule has 1 atom stereocenters. The van der Waals surface area contributed by atoms with Gasteiger partial charge in [0.2, 0.25) is 0 Å². The van der Waals surface area contributed by atoms with Gasteiger partial charge in [0.25, 0.3) is 5.91 Å². The van der Waals surface area contributed by atoms with Crippen LogP contribution in [-0.2, 0) is 6.54 Å². The van der Waals surface area contributed by atoms with E-state index in [9.17, 15) is 9.90 Å². The zero-order chi connectivity index (χ0) is 15.2. The van der Waals surface area contributed by atoms with Gasteiger partial charge >= 0.3 is 0 Å².